The van der Waals surface area contributed by atoms with Crippen molar-refractivity contribution in [1.82, 2.24) is 20.8 Å². The molecule has 0 spiro atoms. The van der Waals surface area contributed by atoms with Crippen LogP contribution in [0, 0.1) is 11.6 Å². The zero-order valence-electron chi connectivity index (χ0n) is 18.8. The highest BCUT2D eigenvalue weighted by Crippen LogP contribution is 2.31. The number of methoxy groups -OCH3 is 1. The fourth-order valence-electron chi connectivity index (χ4n) is 4.31. The van der Waals surface area contributed by atoms with Gasteiger partial charge < -0.3 is 15.4 Å². The number of hydrogen-bond acceptors (Lipinski definition) is 4. The van der Waals surface area contributed by atoms with Gasteiger partial charge in [0, 0.05) is 36.1 Å². The average molecular weight is 469 g/mol. The van der Waals surface area contributed by atoms with Crippen LogP contribution in [0.25, 0.3) is 11.3 Å². The van der Waals surface area contributed by atoms with Gasteiger partial charge in [-0.2, -0.15) is 5.10 Å². The maximum absolute atomic E-state index is 14.4. The molecule has 2 amide bonds. The molecule has 9 heteroatoms. The van der Waals surface area contributed by atoms with Gasteiger partial charge >= 0.3 is 0 Å². The largest absolute Gasteiger partial charge is 0.497 e. The smallest absolute Gasteiger partial charge is 0.220 e. The molecule has 0 radical (unpaired) electrons. The molecule has 1 fully saturated rings. The number of nitrogens with one attached hydrogen (secondary N) is 3. The van der Waals surface area contributed by atoms with Crippen LogP contribution < -0.4 is 15.4 Å². The zero-order chi connectivity index (χ0) is 24.1. The van der Waals surface area contributed by atoms with Gasteiger partial charge in [-0.25, -0.2) is 8.78 Å². The molecule has 3 N–H and O–H groups in total. The Bertz CT molecular complexity index is 1180. The SMILES string of the molecule is COc1ccc(F)c(C[C@]2(CCC(=O)NCc3cn[nH]c3-c3ccc(F)cc3)CCC(=O)N2)c1. The van der Waals surface area contributed by atoms with Gasteiger partial charge in [0.05, 0.1) is 19.0 Å². The van der Waals surface area contributed by atoms with Crippen LogP contribution >= 0.6 is 0 Å². The Hall–Kier alpha value is -3.75. The number of amides is 2. The molecule has 1 atom stereocenters. The third kappa shape index (κ3) is 5.41. The van der Waals surface area contributed by atoms with Gasteiger partial charge in [0.15, 0.2) is 0 Å². The minimum absolute atomic E-state index is 0.106. The molecule has 0 bridgehead atoms. The maximum Gasteiger partial charge on any atom is 0.220 e. The lowest BCUT2D eigenvalue weighted by Gasteiger charge is -2.29. The minimum atomic E-state index is -0.698. The molecular weight excluding hydrogens is 442 g/mol. The lowest BCUT2D eigenvalue weighted by Crippen LogP contribution is -2.44. The predicted octanol–water partition coefficient (Wildman–Crippen LogP) is 3.65. The summed E-state index contributed by atoms with van der Waals surface area (Å²) in [6.45, 7) is 0.242. The van der Waals surface area contributed by atoms with E-state index < -0.39 is 5.54 Å². The number of nitrogens with zero attached hydrogens (tertiary/aromatic N) is 1. The number of carbonyl (C=O) groups excluding carboxylic acids is 2. The highest BCUT2D eigenvalue weighted by Gasteiger charge is 2.38. The fraction of sp³-hybridized carbons (Fsp3) is 0.320. The van der Waals surface area contributed by atoms with Crippen molar-refractivity contribution in [1.29, 1.82) is 0 Å². The summed E-state index contributed by atoms with van der Waals surface area (Å²) >= 11 is 0. The van der Waals surface area contributed by atoms with Crippen LogP contribution in [0.5, 0.6) is 5.75 Å². The van der Waals surface area contributed by atoms with E-state index in [4.69, 9.17) is 4.74 Å². The second-order valence-corrected chi connectivity index (χ2v) is 8.52. The number of carbonyl (C=O) groups is 2. The molecule has 0 unspecified atom stereocenters. The van der Waals surface area contributed by atoms with Crippen molar-refractivity contribution in [2.45, 2.75) is 44.2 Å². The molecule has 0 aliphatic carbocycles. The Morgan fingerprint density at radius 3 is 2.68 bits per heavy atom. The minimum Gasteiger partial charge on any atom is -0.497 e. The third-order valence-electron chi connectivity index (χ3n) is 6.17. The molecule has 7 nitrogen and oxygen atoms in total. The van der Waals surface area contributed by atoms with Gasteiger partial charge in [0.2, 0.25) is 11.8 Å². The molecule has 34 heavy (non-hydrogen) atoms. The lowest BCUT2D eigenvalue weighted by atomic mass is 9.84. The van der Waals surface area contributed by atoms with E-state index in [9.17, 15) is 18.4 Å². The van der Waals surface area contributed by atoms with Crippen molar-refractivity contribution in [3.63, 3.8) is 0 Å². The second-order valence-electron chi connectivity index (χ2n) is 8.52. The van der Waals surface area contributed by atoms with Crippen LogP contribution in [-0.2, 0) is 22.6 Å². The van der Waals surface area contributed by atoms with Gasteiger partial charge in [-0.15, -0.1) is 0 Å². The summed E-state index contributed by atoms with van der Waals surface area (Å²) in [4.78, 5) is 24.6. The topological polar surface area (TPSA) is 96.1 Å². The summed E-state index contributed by atoms with van der Waals surface area (Å²) in [7, 11) is 1.51. The Balaban J connectivity index is 1.39. The van der Waals surface area contributed by atoms with E-state index in [1.165, 1.54) is 25.3 Å². The Kier molecular flexibility index (Phi) is 6.90. The normalized spacial score (nSPS) is 17.4. The summed E-state index contributed by atoms with van der Waals surface area (Å²) in [5.74, 6) is -0.478. The number of aromatic nitrogens is 2. The highest BCUT2D eigenvalue weighted by molar-refractivity contribution is 5.80. The van der Waals surface area contributed by atoms with Crippen LogP contribution in [0.2, 0.25) is 0 Å². The van der Waals surface area contributed by atoms with Crippen LogP contribution in [0.3, 0.4) is 0 Å². The first-order chi connectivity index (χ1) is 16.4. The molecule has 2 heterocycles. The fourth-order valence-corrected chi connectivity index (χ4v) is 4.31. The van der Waals surface area contributed by atoms with Crippen molar-refractivity contribution in [2.24, 2.45) is 0 Å². The summed E-state index contributed by atoms with van der Waals surface area (Å²) in [6, 6.07) is 10.5. The summed E-state index contributed by atoms with van der Waals surface area (Å²) < 4.78 is 32.8. The summed E-state index contributed by atoms with van der Waals surface area (Å²) in [5.41, 5.74) is 1.97. The monoisotopic (exact) mass is 468 g/mol. The van der Waals surface area contributed by atoms with Crippen LogP contribution in [0.15, 0.2) is 48.7 Å². The number of hydrogen-bond donors (Lipinski definition) is 3. The Morgan fingerprint density at radius 2 is 1.97 bits per heavy atom. The van der Waals surface area contributed by atoms with E-state index >= 15 is 0 Å². The first-order valence-electron chi connectivity index (χ1n) is 11.1. The molecule has 1 aliphatic rings. The standard InChI is InChI=1S/C25H26F2N4O3/c1-34-20-6-7-21(27)17(12-20)13-25(11-9-23(33)30-25)10-8-22(32)28-14-18-15-29-31-24(18)16-2-4-19(26)5-3-16/h2-7,12,15H,8-11,13-14H2,1H3,(H,28,32)(H,29,31)(H,30,33)/t25-/m0/s1. The molecule has 3 aromatic rings. The molecule has 4 rings (SSSR count). The summed E-state index contributed by atoms with van der Waals surface area (Å²) in [6.07, 6.45) is 3.28. The van der Waals surface area contributed by atoms with Crippen molar-refractivity contribution < 1.29 is 23.1 Å². The van der Waals surface area contributed by atoms with Crippen LogP contribution in [0.4, 0.5) is 8.78 Å². The Morgan fingerprint density at radius 1 is 1.18 bits per heavy atom. The zero-order valence-corrected chi connectivity index (χ0v) is 18.8. The average Bonchev–Trinajstić information content (AvgIpc) is 3.45. The number of rotatable bonds is 9. The van der Waals surface area contributed by atoms with Gasteiger partial charge in [-0.05, 0) is 67.3 Å². The number of H-pyrrole nitrogens is 1. The first-order valence-corrected chi connectivity index (χ1v) is 11.1. The van der Waals surface area contributed by atoms with Crippen molar-refractivity contribution in [2.75, 3.05) is 7.11 Å². The van der Waals surface area contributed by atoms with Crippen LogP contribution in [-0.4, -0.2) is 34.7 Å². The quantitative estimate of drug-likeness (QED) is 0.447. The molecule has 2 aromatic carbocycles. The number of halogens is 2. The molecule has 0 saturated carbocycles. The van der Waals surface area contributed by atoms with Crippen molar-refractivity contribution in [3.05, 3.63) is 71.4 Å². The maximum atomic E-state index is 14.4. The molecule has 1 aliphatic heterocycles. The number of aromatic amines is 1. The van der Waals surface area contributed by atoms with E-state index in [1.807, 2.05) is 0 Å². The van der Waals surface area contributed by atoms with E-state index in [0.29, 0.717) is 36.3 Å². The molecule has 1 saturated heterocycles. The predicted molar refractivity (Wildman–Crippen MR) is 122 cm³/mol. The van der Waals surface area contributed by atoms with E-state index in [1.54, 1.807) is 30.5 Å². The highest BCUT2D eigenvalue weighted by atomic mass is 19.1. The van der Waals surface area contributed by atoms with Crippen molar-refractivity contribution >= 4 is 11.8 Å². The number of ether oxygens (including phenoxy) is 1. The van der Waals surface area contributed by atoms with Crippen molar-refractivity contribution in [3.8, 4) is 17.0 Å². The molecule has 1 aromatic heterocycles. The van der Waals surface area contributed by atoms with E-state index in [2.05, 4.69) is 20.8 Å². The second kappa shape index (κ2) is 10.0. The number of benzene rings is 2. The lowest BCUT2D eigenvalue weighted by molar-refractivity contribution is -0.122. The van der Waals surface area contributed by atoms with E-state index in [0.717, 1.165) is 11.1 Å². The van der Waals surface area contributed by atoms with Gasteiger partial charge in [-0.3, -0.25) is 14.7 Å². The van der Waals surface area contributed by atoms with Gasteiger partial charge in [-0.1, -0.05) is 0 Å². The van der Waals surface area contributed by atoms with Gasteiger partial charge in [0.1, 0.15) is 17.4 Å². The summed E-state index contributed by atoms with van der Waals surface area (Å²) in [5, 5.41) is 12.8. The van der Waals surface area contributed by atoms with Crippen LogP contribution in [0.1, 0.15) is 36.8 Å². The Labute approximate surface area is 195 Å². The first kappa shape index (κ1) is 23.4. The van der Waals surface area contributed by atoms with Gasteiger partial charge in [0.25, 0.3) is 0 Å². The third-order valence-corrected chi connectivity index (χ3v) is 6.17. The van der Waals surface area contributed by atoms with E-state index in [-0.39, 0.29) is 42.8 Å². The molecule has 178 valence electrons. The molecular formula is C25H26F2N4O3.